The number of amides is 3. The molecule has 3 saturated heterocycles. The van der Waals surface area contributed by atoms with Crippen LogP contribution in [-0.4, -0.2) is 63.2 Å². The van der Waals surface area contributed by atoms with Crippen molar-refractivity contribution in [2.24, 2.45) is 17.8 Å². The Morgan fingerprint density at radius 1 is 1.17 bits per heavy atom. The third-order valence-electron chi connectivity index (χ3n) is 7.63. The van der Waals surface area contributed by atoms with Crippen LogP contribution in [0.1, 0.15) is 60.8 Å². The lowest BCUT2D eigenvalue weighted by molar-refractivity contribution is -0.149. The van der Waals surface area contributed by atoms with Crippen molar-refractivity contribution in [2.75, 3.05) is 11.9 Å². The molecule has 192 valence electrons. The molecule has 3 heterocycles. The van der Waals surface area contributed by atoms with Gasteiger partial charge in [-0.1, -0.05) is 32.0 Å². The van der Waals surface area contributed by atoms with E-state index in [4.69, 9.17) is 4.74 Å². The second kappa shape index (κ2) is 8.89. The molecule has 0 aliphatic carbocycles. The van der Waals surface area contributed by atoms with Crippen LogP contribution in [0.3, 0.4) is 0 Å². The Kier molecular flexibility index (Phi) is 6.51. The number of fused-ring (bicyclic) bond motifs is 1. The summed E-state index contributed by atoms with van der Waals surface area (Å²) in [7, 11) is 0. The van der Waals surface area contributed by atoms with E-state index in [0.29, 0.717) is 24.9 Å². The first-order chi connectivity index (χ1) is 16.3. The smallest absolute Gasteiger partial charge is 0.246 e. The number of para-hydroxylation sites is 1. The fourth-order valence-corrected chi connectivity index (χ4v) is 6.46. The number of carbonyl (C=O) groups is 3. The zero-order valence-corrected chi connectivity index (χ0v) is 21.6. The Hall–Kier alpha value is -2.45. The Morgan fingerprint density at radius 3 is 2.40 bits per heavy atom. The van der Waals surface area contributed by atoms with E-state index in [1.165, 1.54) is 0 Å². The minimum absolute atomic E-state index is 0.205. The van der Waals surface area contributed by atoms with Crippen molar-refractivity contribution in [3.05, 3.63) is 30.3 Å². The van der Waals surface area contributed by atoms with E-state index in [9.17, 15) is 19.5 Å². The highest BCUT2D eigenvalue weighted by molar-refractivity contribution is 6.02. The van der Waals surface area contributed by atoms with E-state index < -0.39 is 40.7 Å². The van der Waals surface area contributed by atoms with Gasteiger partial charge in [0.05, 0.1) is 30.1 Å². The molecule has 6 atom stereocenters. The van der Waals surface area contributed by atoms with Gasteiger partial charge in [-0.15, -0.1) is 0 Å². The number of rotatable bonds is 7. The molecule has 1 spiro atoms. The summed E-state index contributed by atoms with van der Waals surface area (Å²) in [6.45, 7) is 11.3. The molecule has 0 saturated carbocycles. The van der Waals surface area contributed by atoms with Gasteiger partial charge in [0.1, 0.15) is 11.6 Å². The van der Waals surface area contributed by atoms with Gasteiger partial charge in [-0.05, 0) is 65.0 Å². The van der Waals surface area contributed by atoms with Gasteiger partial charge in [-0.25, -0.2) is 0 Å². The van der Waals surface area contributed by atoms with Crippen LogP contribution >= 0.6 is 0 Å². The molecular weight excluding hydrogens is 446 g/mol. The van der Waals surface area contributed by atoms with Crippen LogP contribution in [0.15, 0.2) is 30.3 Å². The third-order valence-corrected chi connectivity index (χ3v) is 7.63. The van der Waals surface area contributed by atoms with Crippen molar-refractivity contribution in [3.8, 4) is 0 Å². The standard InChI is InChI=1S/C27H39N3O5/c1-16(2)14-18(15-31)30-21(23(33)29-25(3,4)5)27-13-12-26(6,35-27)19(20(27)24(30)34)22(32)28-17-10-8-7-9-11-17/h7-11,16,18-21,31H,12-15H2,1-6H3,(H,28,32)(H,29,33)/t18-,19-,20+,21?,26+,27?/m1/s1. The predicted octanol–water partition coefficient (Wildman–Crippen LogP) is 2.71. The third kappa shape index (κ3) is 4.35. The lowest BCUT2D eigenvalue weighted by Gasteiger charge is -2.39. The summed E-state index contributed by atoms with van der Waals surface area (Å²) in [5.74, 6) is -2.19. The van der Waals surface area contributed by atoms with Gasteiger partial charge in [0, 0.05) is 11.2 Å². The molecule has 4 rings (SSSR count). The number of hydrogen-bond acceptors (Lipinski definition) is 5. The molecule has 3 aliphatic rings. The van der Waals surface area contributed by atoms with Gasteiger partial charge in [-0.3, -0.25) is 14.4 Å². The van der Waals surface area contributed by atoms with Crippen LogP contribution in [0.25, 0.3) is 0 Å². The average molecular weight is 486 g/mol. The molecule has 8 heteroatoms. The maximum Gasteiger partial charge on any atom is 0.246 e. The number of aliphatic hydroxyl groups excluding tert-OH is 1. The van der Waals surface area contributed by atoms with E-state index in [0.717, 1.165) is 0 Å². The summed E-state index contributed by atoms with van der Waals surface area (Å²) in [6.07, 6.45) is 1.63. The molecule has 0 aromatic heterocycles. The maximum atomic E-state index is 14.1. The normalized spacial score (nSPS) is 32.6. The fraction of sp³-hybridized carbons (Fsp3) is 0.667. The molecule has 1 aromatic rings. The molecule has 2 unspecified atom stereocenters. The van der Waals surface area contributed by atoms with Gasteiger partial charge >= 0.3 is 0 Å². The second-order valence-electron chi connectivity index (χ2n) is 12.0. The SMILES string of the molecule is CC(C)C[C@H](CO)N1C(=O)[C@@H]2[C@H](C(=O)Nc3ccccc3)[C@]3(C)CCC2(O3)C1C(=O)NC(C)(C)C. The number of aliphatic hydroxyl groups is 1. The van der Waals surface area contributed by atoms with E-state index in [2.05, 4.69) is 10.6 Å². The summed E-state index contributed by atoms with van der Waals surface area (Å²) >= 11 is 0. The van der Waals surface area contributed by atoms with E-state index in [1.807, 2.05) is 59.7 Å². The van der Waals surface area contributed by atoms with Crippen molar-refractivity contribution in [1.82, 2.24) is 10.2 Å². The highest BCUT2D eigenvalue weighted by atomic mass is 16.5. The molecule has 1 aromatic carbocycles. The first kappa shape index (κ1) is 25.6. The summed E-state index contributed by atoms with van der Waals surface area (Å²) in [6, 6.07) is 7.70. The highest BCUT2D eigenvalue weighted by Crippen LogP contribution is 2.63. The Bertz CT molecular complexity index is 990. The number of hydrogen-bond donors (Lipinski definition) is 3. The number of nitrogens with zero attached hydrogens (tertiary/aromatic N) is 1. The second-order valence-corrected chi connectivity index (χ2v) is 12.0. The first-order valence-corrected chi connectivity index (χ1v) is 12.6. The van der Waals surface area contributed by atoms with Crippen molar-refractivity contribution in [2.45, 2.75) is 89.6 Å². The lowest BCUT2D eigenvalue weighted by Crippen LogP contribution is -2.60. The van der Waals surface area contributed by atoms with Crippen LogP contribution in [0.5, 0.6) is 0 Å². The van der Waals surface area contributed by atoms with E-state index in [-0.39, 0.29) is 30.2 Å². The van der Waals surface area contributed by atoms with Crippen molar-refractivity contribution in [1.29, 1.82) is 0 Å². The number of carbonyl (C=O) groups excluding carboxylic acids is 3. The summed E-state index contributed by atoms with van der Waals surface area (Å²) in [5.41, 5.74) is -1.82. The Balaban J connectivity index is 1.76. The van der Waals surface area contributed by atoms with Gasteiger partial charge in [0.25, 0.3) is 0 Å². The number of nitrogens with one attached hydrogen (secondary N) is 2. The van der Waals surface area contributed by atoms with Crippen LogP contribution < -0.4 is 10.6 Å². The largest absolute Gasteiger partial charge is 0.394 e. The zero-order valence-electron chi connectivity index (χ0n) is 21.6. The lowest BCUT2D eigenvalue weighted by atomic mass is 9.66. The summed E-state index contributed by atoms with van der Waals surface area (Å²) < 4.78 is 6.63. The molecule has 8 nitrogen and oxygen atoms in total. The number of anilines is 1. The van der Waals surface area contributed by atoms with E-state index in [1.54, 1.807) is 17.0 Å². The van der Waals surface area contributed by atoms with E-state index >= 15 is 0 Å². The molecule has 3 aliphatic heterocycles. The topological polar surface area (TPSA) is 108 Å². The highest BCUT2D eigenvalue weighted by Gasteiger charge is 2.78. The molecule has 35 heavy (non-hydrogen) atoms. The number of benzene rings is 1. The molecule has 0 radical (unpaired) electrons. The summed E-state index contributed by atoms with van der Waals surface area (Å²) in [5, 5.41) is 16.3. The Labute approximate surface area is 207 Å². The van der Waals surface area contributed by atoms with Gasteiger partial charge in [0.2, 0.25) is 17.7 Å². The Morgan fingerprint density at radius 2 is 1.83 bits per heavy atom. The van der Waals surface area contributed by atoms with Crippen molar-refractivity contribution in [3.63, 3.8) is 0 Å². The molecule has 3 N–H and O–H groups in total. The molecular formula is C27H39N3O5. The number of ether oxygens (including phenoxy) is 1. The van der Waals surface area contributed by atoms with Crippen molar-refractivity contribution < 1.29 is 24.2 Å². The maximum absolute atomic E-state index is 14.1. The minimum Gasteiger partial charge on any atom is -0.394 e. The average Bonchev–Trinajstić information content (AvgIpc) is 3.32. The van der Waals surface area contributed by atoms with Crippen molar-refractivity contribution >= 4 is 23.4 Å². The first-order valence-electron chi connectivity index (χ1n) is 12.6. The van der Waals surface area contributed by atoms with Crippen LogP contribution in [0.4, 0.5) is 5.69 Å². The monoisotopic (exact) mass is 485 g/mol. The van der Waals surface area contributed by atoms with Gasteiger partial charge in [-0.2, -0.15) is 0 Å². The predicted molar refractivity (Wildman–Crippen MR) is 132 cm³/mol. The van der Waals surface area contributed by atoms with Crippen LogP contribution in [-0.2, 0) is 19.1 Å². The quantitative estimate of drug-likeness (QED) is 0.550. The molecule has 3 amide bonds. The van der Waals surface area contributed by atoms with Crippen LogP contribution in [0, 0.1) is 17.8 Å². The minimum atomic E-state index is -1.11. The van der Waals surface area contributed by atoms with Gasteiger partial charge in [0.15, 0.2) is 0 Å². The summed E-state index contributed by atoms with van der Waals surface area (Å²) in [4.78, 5) is 43.0. The number of likely N-dealkylation sites (tertiary alicyclic amines) is 1. The zero-order chi connectivity index (χ0) is 25.8. The molecule has 2 bridgehead atoms. The fourth-order valence-electron chi connectivity index (χ4n) is 6.46. The van der Waals surface area contributed by atoms with Gasteiger partial charge < -0.3 is 25.4 Å². The van der Waals surface area contributed by atoms with Crippen LogP contribution in [0.2, 0.25) is 0 Å². The molecule has 3 fully saturated rings.